The van der Waals surface area contributed by atoms with Crippen molar-refractivity contribution >= 4 is 54.8 Å². The third-order valence-electron chi connectivity index (χ3n) is 9.54. The predicted molar refractivity (Wildman–Crippen MR) is 196 cm³/mol. The molecule has 0 aliphatic carbocycles. The van der Waals surface area contributed by atoms with Crippen molar-refractivity contribution in [2.75, 3.05) is 0 Å². The van der Waals surface area contributed by atoms with Crippen LogP contribution in [0, 0.1) is 0 Å². The topological polar surface area (TPSA) is 23.0 Å². The summed E-state index contributed by atoms with van der Waals surface area (Å²) in [5.74, 6) is 0. The average Bonchev–Trinajstić information content (AvgIpc) is 3.79. The van der Waals surface area contributed by atoms with Crippen molar-refractivity contribution in [1.82, 2.24) is 9.13 Å². The van der Waals surface area contributed by atoms with E-state index in [9.17, 15) is 0 Å². The van der Waals surface area contributed by atoms with Crippen LogP contribution in [0.4, 0.5) is 0 Å². The summed E-state index contributed by atoms with van der Waals surface area (Å²) in [5.41, 5.74) is 12.3. The fraction of sp³-hybridized carbons (Fsp3) is 0. The third-order valence-corrected chi connectivity index (χ3v) is 9.54. The SMILES string of the molecule is c1ccc(-n2c3cccc(-c4cccc(-c5ccc(-n6c7ccccc7c7ccccc76)cc5)c4)c3c3c4ccccc4oc32)cc1. The fourth-order valence-corrected chi connectivity index (χ4v) is 7.47. The number of furan rings is 1. The summed E-state index contributed by atoms with van der Waals surface area (Å²) >= 11 is 0. The molecule has 0 aliphatic rings. The summed E-state index contributed by atoms with van der Waals surface area (Å²) in [6.07, 6.45) is 0. The molecule has 0 bridgehead atoms. The van der Waals surface area contributed by atoms with Gasteiger partial charge in [0, 0.05) is 32.9 Å². The summed E-state index contributed by atoms with van der Waals surface area (Å²) in [6.45, 7) is 0. The van der Waals surface area contributed by atoms with Gasteiger partial charge in [-0.15, -0.1) is 0 Å². The van der Waals surface area contributed by atoms with Gasteiger partial charge >= 0.3 is 0 Å². The number of para-hydroxylation sites is 4. The second-order valence-corrected chi connectivity index (χ2v) is 12.1. The van der Waals surface area contributed by atoms with Crippen molar-refractivity contribution < 1.29 is 4.42 Å². The molecule has 0 unspecified atom stereocenters. The number of rotatable bonds is 4. The van der Waals surface area contributed by atoms with Gasteiger partial charge in [-0.05, 0) is 76.9 Å². The van der Waals surface area contributed by atoms with Gasteiger partial charge in [-0.1, -0.05) is 115 Å². The zero-order chi connectivity index (χ0) is 30.9. The molecule has 220 valence electrons. The van der Waals surface area contributed by atoms with Crippen molar-refractivity contribution in [3.05, 3.63) is 170 Å². The average molecular weight is 601 g/mol. The molecular formula is C44H28N2O. The van der Waals surface area contributed by atoms with Crippen LogP contribution in [0.15, 0.2) is 174 Å². The minimum absolute atomic E-state index is 0.872. The van der Waals surface area contributed by atoms with Gasteiger partial charge in [0.15, 0.2) is 0 Å². The molecule has 3 heterocycles. The quantitative estimate of drug-likeness (QED) is 0.197. The van der Waals surface area contributed by atoms with E-state index in [4.69, 9.17) is 4.42 Å². The molecule has 47 heavy (non-hydrogen) atoms. The van der Waals surface area contributed by atoms with Gasteiger partial charge in [0.05, 0.1) is 21.9 Å². The van der Waals surface area contributed by atoms with Crippen LogP contribution in [0.25, 0.3) is 88.4 Å². The first kappa shape index (κ1) is 26.0. The van der Waals surface area contributed by atoms with E-state index in [1.165, 1.54) is 49.4 Å². The second kappa shape index (κ2) is 10.1. The van der Waals surface area contributed by atoms with Crippen LogP contribution in [0.5, 0.6) is 0 Å². The molecule has 10 rings (SSSR count). The zero-order valence-electron chi connectivity index (χ0n) is 25.5. The summed E-state index contributed by atoms with van der Waals surface area (Å²) in [6, 6.07) is 60.6. The van der Waals surface area contributed by atoms with Crippen molar-refractivity contribution in [2.24, 2.45) is 0 Å². The maximum Gasteiger partial charge on any atom is 0.213 e. The molecule has 3 nitrogen and oxygen atoms in total. The molecule has 0 radical (unpaired) electrons. The molecule has 0 spiro atoms. The summed E-state index contributed by atoms with van der Waals surface area (Å²) in [5, 5.41) is 6.03. The molecule has 7 aromatic carbocycles. The molecule has 0 saturated carbocycles. The minimum Gasteiger partial charge on any atom is -0.439 e. The van der Waals surface area contributed by atoms with Gasteiger partial charge in [-0.25, -0.2) is 0 Å². The Kier molecular flexibility index (Phi) is 5.57. The van der Waals surface area contributed by atoms with Crippen LogP contribution < -0.4 is 0 Å². The molecule has 3 aromatic heterocycles. The Morgan fingerprint density at radius 3 is 1.72 bits per heavy atom. The smallest absolute Gasteiger partial charge is 0.213 e. The Labute approximate surface area is 271 Å². The number of hydrogen-bond acceptors (Lipinski definition) is 1. The molecule has 10 aromatic rings. The highest BCUT2D eigenvalue weighted by Gasteiger charge is 2.22. The van der Waals surface area contributed by atoms with Crippen molar-refractivity contribution in [3.63, 3.8) is 0 Å². The van der Waals surface area contributed by atoms with Crippen LogP contribution in [0.1, 0.15) is 0 Å². The zero-order valence-corrected chi connectivity index (χ0v) is 25.5. The molecular weight excluding hydrogens is 572 g/mol. The third kappa shape index (κ3) is 3.87. The standard InChI is InChI=1S/C44H28N2O/c1-2-14-32(15-3-1)46-40-22-11-19-34(42(40)43-37-18-6-9-23-41(37)47-44(43)46)31-13-10-12-30(28-31)29-24-26-33(27-25-29)45-38-20-7-4-16-35(38)36-17-5-8-21-39(36)45/h1-28H. The number of benzene rings is 7. The Balaban J connectivity index is 1.13. The number of hydrogen-bond donors (Lipinski definition) is 0. The summed E-state index contributed by atoms with van der Waals surface area (Å²) < 4.78 is 11.2. The van der Waals surface area contributed by atoms with Crippen molar-refractivity contribution in [2.45, 2.75) is 0 Å². The van der Waals surface area contributed by atoms with Crippen LogP contribution in [-0.2, 0) is 0 Å². The molecule has 0 aliphatic heterocycles. The monoisotopic (exact) mass is 600 g/mol. The molecule has 3 heteroatoms. The number of fused-ring (bicyclic) bond motifs is 8. The Hall–Kier alpha value is -6.32. The molecule has 0 saturated heterocycles. The van der Waals surface area contributed by atoms with Crippen LogP contribution in [-0.4, -0.2) is 9.13 Å². The van der Waals surface area contributed by atoms with E-state index in [0.29, 0.717) is 0 Å². The van der Waals surface area contributed by atoms with Crippen molar-refractivity contribution in [1.29, 1.82) is 0 Å². The van der Waals surface area contributed by atoms with Gasteiger partial charge in [0.25, 0.3) is 0 Å². The predicted octanol–water partition coefficient (Wildman–Crippen LogP) is 12.0. The summed E-state index contributed by atoms with van der Waals surface area (Å²) in [4.78, 5) is 0. The van der Waals surface area contributed by atoms with E-state index in [2.05, 4.69) is 173 Å². The van der Waals surface area contributed by atoms with E-state index >= 15 is 0 Å². The van der Waals surface area contributed by atoms with E-state index in [1.54, 1.807) is 0 Å². The summed E-state index contributed by atoms with van der Waals surface area (Å²) in [7, 11) is 0. The maximum atomic E-state index is 6.56. The van der Waals surface area contributed by atoms with Crippen LogP contribution >= 0.6 is 0 Å². The molecule has 0 fully saturated rings. The Morgan fingerprint density at radius 2 is 0.957 bits per heavy atom. The van der Waals surface area contributed by atoms with Gasteiger partial charge in [-0.3, -0.25) is 4.57 Å². The van der Waals surface area contributed by atoms with E-state index in [-0.39, 0.29) is 0 Å². The van der Waals surface area contributed by atoms with Crippen LogP contribution in [0.2, 0.25) is 0 Å². The second-order valence-electron chi connectivity index (χ2n) is 12.1. The Morgan fingerprint density at radius 1 is 0.362 bits per heavy atom. The lowest BCUT2D eigenvalue weighted by Gasteiger charge is -2.11. The van der Waals surface area contributed by atoms with E-state index in [0.717, 1.165) is 39.0 Å². The Bertz CT molecular complexity index is 2720. The van der Waals surface area contributed by atoms with Gasteiger partial charge < -0.3 is 8.98 Å². The molecule has 0 atom stereocenters. The van der Waals surface area contributed by atoms with Gasteiger partial charge in [-0.2, -0.15) is 0 Å². The minimum atomic E-state index is 0.872. The lowest BCUT2D eigenvalue weighted by atomic mass is 9.95. The lowest BCUT2D eigenvalue weighted by molar-refractivity contribution is 0.645. The highest BCUT2D eigenvalue weighted by molar-refractivity contribution is 6.24. The van der Waals surface area contributed by atoms with Gasteiger partial charge in [0.2, 0.25) is 5.71 Å². The molecule has 0 amide bonds. The van der Waals surface area contributed by atoms with Crippen LogP contribution in [0.3, 0.4) is 0 Å². The highest BCUT2D eigenvalue weighted by atomic mass is 16.3. The largest absolute Gasteiger partial charge is 0.439 e. The first-order valence-electron chi connectivity index (χ1n) is 16.0. The first-order chi connectivity index (χ1) is 23.3. The van der Waals surface area contributed by atoms with E-state index < -0.39 is 0 Å². The normalized spacial score (nSPS) is 11.8. The first-order valence-corrected chi connectivity index (χ1v) is 16.0. The maximum absolute atomic E-state index is 6.56. The number of nitrogens with zero attached hydrogens (tertiary/aromatic N) is 2. The van der Waals surface area contributed by atoms with Crippen molar-refractivity contribution in [3.8, 4) is 33.6 Å². The lowest BCUT2D eigenvalue weighted by Crippen LogP contribution is -1.93. The van der Waals surface area contributed by atoms with E-state index in [1.807, 2.05) is 6.07 Å². The fourth-order valence-electron chi connectivity index (χ4n) is 7.47. The number of aromatic nitrogens is 2. The van der Waals surface area contributed by atoms with Gasteiger partial charge in [0.1, 0.15) is 5.58 Å². The molecule has 0 N–H and O–H groups in total. The highest BCUT2D eigenvalue weighted by Crippen LogP contribution is 2.43.